The second-order valence-electron chi connectivity index (χ2n) is 7.04. The number of oxime groups is 1. The first kappa shape index (κ1) is 27.1. The van der Waals surface area contributed by atoms with E-state index in [0.717, 1.165) is 11.3 Å². The zero-order valence-corrected chi connectivity index (χ0v) is 22.5. The van der Waals surface area contributed by atoms with E-state index in [2.05, 4.69) is 37.5 Å². The van der Waals surface area contributed by atoms with Gasteiger partial charge < -0.3 is 20.6 Å². The Labute approximate surface area is 230 Å². The van der Waals surface area contributed by atoms with Crippen molar-refractivity contribution in [1.82, 2.24) is 25.4 Å². The van der Waals surface area contributed by atoms with Crippen molar-refractivity contribution in [1.29, 1.82) is 0 Å². The Bertz CT molecular complexity index is 1300. The minimum atomic E-state index is -1.24. The number of carboxylic acid groups (broad SMARTS) is 1. The van der Waals surface area contributed by atoms with Crippen molar-refractivity contribution in [3.8, 4) is 0 Å². The minimum absolute atomic E-state index is 0.0167. The highest BCUT2D eigenvalue weighted by Crippen LogP contribution is 2.41. The molecule has 3 N–H and O–H groups in total. The molecule has 2 aliphatic heterocycles. The number of hydrogen-bond acceptors (Lipinski definition) is 13. The van der Waals surface area contributed by atoms with Gasteiger partial charge in [0.2, 0.25) is 6.41 Å². The molecule has 2 aromatic heterocycles. The van der Waals surface area contributed by atoms with E-state index in [1.165, 1.54) is 45.8 Å². The van der Waals surface area contributed by atoms with Gasteiger partial charge in [-0.05, 0) is 5.57 Å². The normalized spacial score (nSPS) is 19.1. The number of nitrogens with one attached hydrogen (secondary N) is 2. The molecule has 37 heavy (non-hydrogen) atoms. The number of nitrogens with zero attached hydrogens (tertiary/aromatic N) is 5. The highest BCUT2D eigenvalue weighted by molar-refractivity contribution is 8.01. The number of carbonyl (C=O) groups is 4. The first-order valence-corrected chi connectivity index (χ1v) is 14.2. The van der Waals surface area contributed by atoms with Crippen molar-refractivity contribution in [3.05, 3.63) is 39.5 Å². The monoisotopic (exact) mass is 601 g/mol. The number of aromatic nitrogens is 3. The average Bonchev–Trinajstić information content (AvgIpc) is 3.52. The molecule has 18 heteroatoms. The van der Waals surface area contributed by atoms with Crippen LogP contribution in [0.4, 0.5) is 5.13 Å². The Morgan fingerprint density at radius 3 is 2.95 bits per heavy atom. The van der Waals surface area contributed by atoms with Crippen molar-refractivity contribution in [2.75, 3.05) is 23.4 Å². The molecule has 194 valence electrons. The van der Waals surface area contributed by atoms with E-state index in [1.807, 2.05) is 0 Å². The molecule has 0 aliphatic carbocycles. The molecule has 2 aliphatic rings. The number of hydrogen-bond donors (Lipinski definition) is 3. The van der Waals surface area contributed by atoms with Gasteiger partial charge in [-0.1, -0.05) is 63.8 Å². The van der Waals surface area contributed by atoms with Crippen LogP contribution < -0.4 is 10.6 Å². The van der Waals surface area contributed by atoms with Crippen LogP contribution in [0, 0.1) is 0 Å². The van der Waals surface area contributed by atoms with E-state index in [4.69, 9.17) is 16.4 Å². The predicted molar refractivity (Wildman–Crippen MR) is 140 cm³/mol. The molecule has 1 saturated heterocycles. The molecule has 4 rings (SSSR count). The van der Waals surface area contributed by atoms with E-state index < -0.39 is 29.2 Å². The number of fused-ring (bicyclic) bond motifs is 1. The zero-order chi connectivity index (χ0) is 26.5. The molecule has 3 amide bonds. The SMILES string of the molecule is C=CCON=C(C(=O)NC1C(=O)N2C(C(=O)O)=C(CSc3nncs3)CS[C@H]12)c1nc(NC=O)sc1Cl. The molecule has 1 unspecified atom stereocenters. The number of amides is 3. The van der Waals surface area contributed by atoms with Crippen molar-refractivity contribution in [2.45, 2.75) is 15.8 Å². The summed E-state index contributed by atoms with van der Waals surface area (Å²) in [6, 6.07) is -1.01. The Morgan fingerprint density at radius 1 is 1.46 bits per heavy atom. The van der Waals surface area contributed by atoms with Gasteiger partial charge in [-0.15, -0.1) is 22.0 Å². The van der Waals surface area contributed by atoms with Gasteiger partial charge in [0.1, 0.15) is 39.3 Å². The topological polar surface area (TPSA) is 176 Å². The Balaban J connectivity index is 1.52. The second-order valence-corrected chi connectivity index (χ2v) is 11.8. The molecular weight excluding hydrogens is 586 g/mol. The first-order chi connectivity index (χ1) is 17.8. The Kier molecular flexibility index (Phi) is 8.80. The van der Waals surface area contributed by atoms with E-state index in [1.54, 1.807) is 5.51 Å². The van der Waals surface area contributed by atoms with Gasteiger partial charge in [0, 0.05) is 11.5 Å². The number of anilines is 1. The van der Waals surface area contributed by atoms with Crippen LogP contribution in [-0.2, 0) is 24.0 Å². The number of β-lactam (4-membered cyclic amide) rings is 1. The highest BCUT2D eigenvalue weighted by atomic mass is 35.5. The van der Waals surface area contributed by atoms with Crippen molar-refractivity contribution in [2.24, 2.45) is 5.16 Å². The maximum atomic E-state index is 13.1. The van der Waals surface area contributed by atoms with Crippen LogP contribution in [0.25, 0.3) is 0 Å². The predicted octanol–water partition coefficient (Wildman–Crippen LogP) is 1.65. The smallest absolute Gasteiger partial charge is 0.352 e. The molecule has 4 heterocycles. The lowest BCUT2D eigenvalue weighted by Crippen LogP contribution is -2.71. The van der Waals surface area contributed by atoms with Crippen LogP contribution in [0.3, 0.4) is 0 Å². The van der Waals surface area contributed by atoms with Crippen molar-refractivity contribution >= 4 is 92.8 Å². The molecule has 2 atom stereocenters. The van der Waals surface area contributed by atoms with Crippen LogP contribution in [0.5, 0.6) is 0 Å². The molecule has 13 nitrogen and oxygen atoms in total. The lowest BCUT2D eigenvalue weighted by atomic mass is 10.0. The summed E-state index contributed by atoms with van der Waals surface area (Å²) in [6.45, 7) is 3.49. The Hall–Kier alpha value is -2.99. The van der Waals surface area contributed by atoms with Crippen molar-refractivity contribution < 1.29 is 29.1 Å². The van der Waals surface area contributed by atoms with E-state index in [-0.39, 0.29) is 33.2 Å². The quantitative estimate of drug-likeness (QED) is 0.0613. The fourth-order valence-electron chi connectivity index (χ4n) is 3.29. The Morgan fingerprint density at radius 2 is 2.27 bits per heavy atom. The lowest BCUT2D eigenvalue weighted by Gasteiger charge is -2.49. The van der Waals surface area contributed by atoms with Crippen LogP contribution >= 0.6 is 57.8 Å². The van der Waals surface area contributed by atoms with Gasteiger partial charge in [-0.3, -0.25) is 19.3 Å². The van der Waals surface area contributed by atoms with Crippen LogP contribution in [-0.4, -0.2) is 84.6 Å². The maximum absolute atomic E-state index is 13.1. The van der Waals surface area contributed by atoms with Crippen molar-refractivity contribution in [3.63, 3.8) is 0 Å². The zero-order valence-electron chi connectivity index (χ0n) is 18.5. The number of carboxylic acids is 1. The van der Waals surface area contributed by atoms with E-state index in [0.29, 0.717) is 27.8 Å². The van der Waals surface area contributed by atoms with Gasteiger partial charge in [0.05, 0.1) is 0 Å². The summed E-state index contributed by atoms with van der Waals surface area (Å²) >= 11 is 11.1. The number of thioether (sulfide) groups is 2. The third-order valence-electron chi connectivity index (χ3n) is 4.80. The highest BCUT2D eigenvalue weighted by Gasteiger charge is 2.54. The molecule has 0 spiro atoms. The van der Waals surface area contributed by atoms with Crippen LogP contribution in [0.2, 0.25) is 4.34 Å². The van der Waals surface area contributed by atoms with Gasteiger partial charge in [0.15, 0.2) is 15.2 Å². The number of carbonyl (C=O) groups excluding carboxylic acids is 3. The molecule has 0 aromatic carbocycles. The van der Waals surface area contributed by atoms with Crippen LogP contribution in [0.1, 0.15) is 5.69 Å². The molecule has 1 fully saturated rings. The first-order valence-electron chi connectivity index (χ1n) is 10.1. The third kappa shape index (κ3) is 5.80. The minimum Gasteiger partial charge on any atom is -0.477 e. The fraction of sp³-hybridized carbons (Fsp3) is 0.263. The van der Waals surface area contributed by atoms with Gasteiger partial charge in [-0.25, -0.2) is 9.78 Å². The van der Waals surface area contributed by atoms with Gasteiger partial charge in [0.25, 0.3) is 11.8 Å². The lowest BCUT2D eigenvalue weighted by molar-refractivity contribution is -0.150. The fourth-order valence-corrected chi connectivity index (χ4v) is 7.26. The maximum Gasteiger partial charge on any atom is 0.352 e. The largest absolute Gasteiger partial charge is 0.477 e. The third-order valence-corrected chi connectivity index (χ3v) is 9.27. The van der Waals surface area contributed by atoms with Crippen LogP contribution in [0.15, 0.2) is 38.9 Å². The molecule has 0 bridgehead atoms. The molecular formula is C19H16ClN7O6S4. The van der Waals surface area contributed by atoms with E-state index >= 15 is 0 Å². The standard InChI is InChI=1S/C19H16ClN7O6S4/c1-2-3-33-26-10(9-13(20)37-18(24-9)21-6-28)14(29)23-11-15(30)27-12(17(31)32)8(4-34-16(11)27)5-35-19-25-22-7-36-19/h2,6-7,11,16H,1,3-5H2,(H,23,29)(H,31,32)(H,21,24,28)/t11?,16-/m1/s1. The van der Waals surface area contributed by atoms with Gasteiger partial charge >= 0.3 is 5.97 Å². The molecule has 0 radical (unpaired) electrons. The number of rotatable bonds is 12. The second kappa shape index (κ2) is 12.0. The number of halogens is 1. The summed E-state index contributed by atoms with van der Waals surface area (Å²) in [4.78, 5) is 59.2. The molecule has 0 saturated carbocycles. The number of aliphatic carboxylic acids is 1. The average molecular weight is 602 g/mol. The number of thiazole rings is 1. The summed E-state index contributed by atoms with van der Waals surface area (Å²) in [5.74, 6) is -1.96. The summed E-state index contributed by atoms with van der Waals surface area (Å²) in [5, 5.41) is 25.7. The summed E-state index contributed by atoms with van der Waals surface area (Å²) in [7, 11) is 0. The summed E-state index contributed by atoms with van der Waals surface area (Å²) in [5.41, 5.74) is 1.66. The summed E-state index contributed by atoms with van der Waals surface area (Å²) < 4.78 is 0.741. The molecule has 2 aromatic rings. The van der Waals surface area contributed by atoms with Gasteiger partial charge in [-0.2, -0.15) is 0 Å². The van der Waals surface area contributed by atoms with E-state index in [9.17, 15) is 24.3 Å². The summed E-state index contributed by atoms with van der Waals surface area (Å²) in [6.07, 6.45) is 1.81.